The van der Waals surface area contributed by atoms with Crippen molar-refractivity contribution in [1.29, 1.82) is 0 Å². The summed E-state index contributed by atoms with van der Waals surface area (Å²) >= 11 is 0. The van der Waals surface area contributed by atoms with Gasteiger partial charge in [0.25, 0.3) is 5.56 Å². The topological polar surface area (TPSA) is 84.0 Å². The minimum absolute atomic E-state index is 0.154. The molecular formula is C20H23N5O2. The molecule has 2 heterocycles. The van der Waals surface area contributed by atoms with Crippen molar-refractivity contribution in [3.05, 3.63) is 76.2 Å². The lowest BCUT2D eigenvalue weighted by Crippen LogP contribution is -2.18. The molecule has 1 aromatic carbocycles. The third-order valence-electron chi connectivity index (χ3n) is 4.09. The van der Waals surface area contributed by atoms with E-state index in [-0.39, 0.29) is 5.56 Å². The molecule has 0 unspecified atom stereocenters. The Morgan fingerprint density at radius 3 is 2.63 bits per heavy atom. The van der Waals surface area contributed by atoms with Crippen LogP contribution in [0.3, 0.4) is 0 Å². The van der Waals surface area contributed by atoms with Crippen LogP contribution in [0.1, 0.15) is 17.0 Å². The van der Waals surface area contributed by atoms with Crippen LogP contribution in [0.5, 0.6) is 0 Å². The van der Waals surface area contributed by atoms with Gasteiger partial charge in [-0.1, -0.05) is 24.3 Å². The summed E-state index contributed by atoms with van der Waals surface area (Å²) < 4.78 is 5.06. The number of nitrogens with zero attached hydrogens (tertiary/aromatic N) is 4. The van der Waals surface area contributed by atoms with Crippen molar-refractivity contribution in [2.24, 2.45) is 0 Å². The van der Waals surface area contributed by atoms with Crippen LogP contribution in [0.4, 0.5) is 0 Å². The summed E-state index contributed by atoms with van der Waals surface area (Å²) in [5.41, 5.74) is 3.56. The van der Waals surface area contributed by atoms with E-state index >= 15 is 0 Å². The number of benzene rings is 1. The highest BCUT2D eigenvalue weighted by atomic mass is 16.5. The fraction of sp³-hybridized carbons (Fsp3) is 0.300. The smallest absolute Gasteiger partial charge is 0.251 e. The van der Waals surface area contributed by atoms with E-state index in [1.165, 1.54) is 11.6 Å². The van der Waals surface area contributed by atoms with E-state index in [4.69, 9.17) is 4.74 Å². The zero-order valence-corrected chi connectivity index (χ0v) is 15.6. The number of aromatic amines is 1. The van der Waals surface area contributed by atoms with Crippen molar-refractivity contribution in [1.82, 2.24) is 24.8 Å². The highest BCUT2D eigenvalue weighted by Crippen LogP contribution is 2.16. The van der Waals surface area contributed by atoms with Crippen molar-refractivity contribution in [2.45, 2.75) is 19.5 Å². The second kappa shape index (κ2) is 9.16. The number of hydrogen-bond donors (Lipinski definition) is 1. The summed E-state index contributed by atoms with van der Waals surface area (Å²) in [4.78, 5) is 29.8. The summed E-state index contributed by atoms with van der Waals surface area (Å²) in [5.74, 6) is 0.577. The molecule has 0 radical (unpaired) electrons. The molecular weight excluding hydrogens is 342 g/mol. The first-order chi connectivity index (χ1) is 13.1. The molecule has 7 nitrogen and oxygen atoms in total. The van der Waals surface area contributed by atoms with Crippen LogP contribution in [-0.4, -0.2) is 45.6 Å². The molecule has 0 bridgehead atoms. The molecule has 0 aliphatic heterocycles. The van der Waals surface area contributed by atoms with Gasteiger partial charge in [0.05, 0.1) is 18.0 Å². The van der Waals surface area contributed by atoms with Gasteiger partial charge in [-0.15, -0.1) is 0 Å². The van der Waals surface area contributed by atoms with Crippen LogP contribution < -0.4 is 5.56 Å². The number of hydrogen-bond acceptors (Lipinski definition) is 6. The minimum Gasteiger partial charge on any atom is -0.384 e. The van der Waals surface area contributed by atoms with Gasteiger partial charge in [0, 0.05) is 56.8 Å². The average Bonchev–Trinajstić information content (AvgIpc) is 2.67. The summed E-state index contributed by atoms with van der Waals surface area (Å²) in [5, 5.41) is 0. The summed E-state index contributed by atoms with van der Waals surface area (Å²) in [6, 6.07) is 9.56. The first-order valence-corrected chi connectivity index (χ1v) is 8.76. The average molecular weight is 365 g/mol. The molecule has 3 rings (SSSR count). The molecule has 0 amide bonds. The normalized spacial score (nSPS) is 11.1. The lowest BCUT2D eigenvalue weighted by molar-refractivity contribution is 0.201. The van der Waals surface area contributed by atoms with Crippen LogP contribution in [0, 0.1) is 0 Å². The molecule has 140 valence electrons. The van der Waals surface area contributed by atoms with E-state index in [0.717, 1.165) is 30.0 Å². The fourth-order valence-corrected chi connectivity index (χ4v) is 2.80. The second-order valence-electron chi connectivity index (χ2n) is 6.39. The molecule has 1 N–H and O–H groups in total. The molecule has 0 saturated heterocycles. The molecule has 2 aromatic heterocycles. The predicted octanol–water partition coefficient (Wildman–Crippen LogP) is 2.05. The van der Waals surface area contributed by atoms with Crippen LogP contribution in [0.25, 0.3) is 11.4 Å². The van der Waals surface area contributed by atoms with Crippen molar-refractivity contribution >= 4 is 0 Å². The van der Waals surface area contributed by atoms with Crippen molar-refractivity contribution in [3.63, 3.8) is 0 Å². The summed E-state index contributed by atoms with van der Waals surface area (Å²) in [6.07, 6.45) is 5.76. The predicted molar refractivity (Wildman–Crippen MR) is 103 cm³/mol. The Balaban J connectivity index is 1.68. The Hall–Kier alpha value is -2.90. The highest BCUT2D eigenvalue weighted by molar-refractivity contribution is 5.55. The number of H-pyrrole nitrogens is 1. The van der Waals surface area contributed by atoms with Gasteiger partial charge in [-0.2, -0.15) is 0 Å². The molecule has 0 atom stereocenters. The Morgan fingerprint density at radius 2 is 1.93 bits per heavy atom. The van der Waals surface area contributed by atoms with Gasteiger partial charge in [0.2, 0.25) is 0 Å². The minimum atomic E-state index is -0.154. The molecule has 0 spiro atoms. The van der Waals surface area contributed by atoms with Gasteiger partial charge in [-0.05, 0) is 12.6 Å². The van der Waals surface area contributed by atoms with Crippen molar-refractivity contribution in [3.8, 4) is 11.4 Å². The van der Waals surface area contributed by atoms with E-state index < -0.39 is 0 Å². The Bertz CT molecular complexity index is 910. The maximum Gasteiger partial charge on any atom is 0.251 e. The Kier molecular flexibility index (Phi) is 6.40. The van der Waals surface area contributed by atoms with Gasteiger partial charge in [0.15, 0.2) is 0 Å². The van der Waals surface area contributed by atoms with Crippen LogP contribution in [0.15, 0.2) is 53.7 Å². The number of ether oxygens (including phenoxy) is 1. The molecule has 0 saturated carbocycles. The van der Waals surface area contributed by atoms with E-state index in [0.29, 0.717) is 18.9 Å². The Labute approximate surface area is 158 Å². The van der Waals surface area contributed by atoms with Crippen LogP contribution in [-0.2, 0) is 24.2 Å². The SMILES string of the molecule is COCCc1cc(=O)[nH]c(-c2ccc(CN(C)Cc3cnccn3)cc2)n1. The molecule has 0 aliphatic rings. The van der Waals surface area contributed by atoms with Gasteiger partial charge < -0.3 is 9.72 Å². The largest absolute Gasteiger partial charge is 0.384 e. The lowest BCUT2D eigenvalue weighted by Gasteiger charge is -2.16. The van der Waals surface area contributed by atoms with Crippen molar-refractivity contribution < 1.29 is 4.74 Å². The maximum atomic E-state index is 11.9. The standard InChI is InChI=1S/C20H23N5O2/c1-25(14-18-12-21-8-9-22-18)13-15-3-5-16(6-4-15)20-23-17(7-10-27-2)11-19(26)24-20/h3-6,8-9,11-12H,7,10,13-14H2,1-2H3,(H,23,24,26). The molecule has 7 heteroatoms. The highest BCUT2D eigenvalue weighted by Gasteiger charge is 2.07. The zero-order chi connectivity index (χ0) is 19.1. The van der Waals surface area contributed by atoms with E-state index in [2.05, 4.69) is 24.8 Å². The third kappa shape index (κ3) is 5.54. The molecule has 27 heavy (non-hydrogen) atoms. The van der Waals surface area contributed by atoms with E-state index in [1.807, 2.05) is 31.3 Å². The summed E-state index contributed by atoms with van der Waals surface area (Å²) in [6.45, 7) is 2.05. The van der Waals surface area contributed by atoms with Gasteiger partial charge in [-0.25, -0.2) is 4.98 Å². The monoisotopic (exact) mass is 365 g/mol. The number of aromatic nitrogens is 4. The quantitative estimate of drug-likeness (QED) is 0.658. The molecule has 3 aromatic rings. The van der Waals surface area contributed by atoms with Crippen LogP contribution in [0.2, 0.25) is 0 Å². The first kappa shape index (κ1) is 18.9. The molecule has 0 fully saturated rings. The van der Waals surface area contributed by atoms with E-state index in [1.54, 1.807) is 25.7 Å². The fourth-order valence-electron chi connectivity index (χ4n) is 2.80. The third-order valence-corrected chi connectivity index (χ3v) is 4.09. The van der Waals surface area contributed by atoms with E-state index in [9.17, 15) is 4.79 Å². The van der Waals surface area contributed by atoms with Gasteiger partial charge in [0.1, 0.15) is 5.82 Å². The van der Waals surface area contributed by atoms with Crippen molar-refractivity contribution in [2.75, 3.05) is 20.8 Å². The molecule has 0 aliphatic carbocycles. The number of rotatable bonds is 8. The Morgan fingerprint density at radius 1 is 1.11 bits per heavy atom. The zero-order valence-electron chi connectivity index (χ0n) is 15.6. The lowest BCUT2D eigenvalue weighted by atomic mass is 10.1. The summed E-state index contributed by atoms with van der Waals surface area (Å²) in [7, 11) is 3.68. The second-order valence-corrected chi connectivity index (χ2v) is 6.39. The first-order valence-electron chi connectivity index (χ1n) is 8.76. The van der Waals surface area contributed by atoms with Gasteiger partial charge in [-0.3, -0.25) is 19.7 Å². The number of nitrogens with one attached hydrogen (secondary N) is 1. The maximum absolute atomic E-state index is 11.9. The van der Waals surface area contributed by atoms with Crippen LogP contribution >= 0.6 is 0 Å². The number of methoxy groups -OCH3 is 1. The van der Waals surface area contributed by atoms with Gasteiger partial charge >= 0.3 is 0 Å².